The molecule has 1 fully saturated rings. The fourth-order valence-electron chi connectivity index (χ4n) is 3.00. The summed E-state index contributed by atoms with van der Waals surface area (Å²) in [6.45, 7) is 5.69. The van der Waals surface area contributed by atoms with Gasteiger partial charge in [-0.3, -0.25) is 4.90 Å². The Hall–Kier alpha value is -0.970. The molecule has 118 valence electrons. The Balaban J connectivity index is 2.45. The molecule has 21 heavy (non-hydrogen) atoms. The Labute approximate surface area is 132 Å². The van der Waals surface area contributed by atoms with Crippen molar-refractivity contribution in [1.82, 2.24) is 4.90 Å². The van der Waals surface area contributed by atoms with E-state index in [4.69, 9.17) is 26.8 Å². The van der Waals surface area contributed by atoms with E-state index in [0.717, 1.165) is 35.1 Å². The fourth-order valence-corrected chi connectivity index (χ4v) is 3.27. The molecule has 0 aliphatic carbocycles. The molecule has 0 saturated carbocycles. The van der Waals surface area contributed by atoms with Gasteiger partial charge in [-0.25, -0.2) is 0 Å². The zero-order chi connectivity index (χ0) is 15.6. The molecular formula is C16H25ClN2O2. The predicted molar refractivity (Wildman–Crippen MR) is 86.3 cm³/mol. The summed E-state index contributed by atoms with van der Waals surface area (Å²) in [7, 11) is 3.76. The van der Waals surface area contributed by atoms with Gasteiger partial charge in [0.05, 0.1) is 13.2 Å². The van der Waals surface area contributed by atoms with E-state index in [1.807, 2.05) is 26.0 Å². The number of likely N-dealkylation sites (tertiary alicyclic amines) is 1. The van der Waals surface area contributed by atoms with Gasteiger partial charge < -0.3 is 15.2 Å². The lowest BCUT2D eigenvalue weighted by atomic mass is 9.98. The standard InChI is InChI=1S/C16H25ClN2O2/c1-10(2)21-16-14(20-4)6-5-12(17)15(16)13-7-11(8-18)9-19(13)3/h5-6,10-11,13H,7-9,18H2,1-4H3. The normalized spacial score (nSPS) is 22.8. The third kappa shape index (κ3) is 3.44. The van der Waals surface area contributed by atoms with Crippen molar-refractivity contribution in [1.29, 1.82) is 0 Å². The van der Waals surface area contributed by atoms with Crippen LogP contribution in [-0.4, -0.2) is 38.3 Å². The minimum absolute atomic E-state index is 0.0631. The Bertz CT molecular complexity index is 493. The van der Waals surface area contributed by atoms with Crippen LogP contribution in [0.3, 0.4) is 0 Å². The molecular weight excluding hydrogens is 288 g/mol. The molecule has 2 N–H and O–H groups in total. The molecule has 5 heteroatoms. The van der Waals surface area contributed by atoms with Crippen LogP contribution in [0.1, 0.15) is 31.9 Å². The van der Waals surface area contributed by atoms with Crippen molar-refractivity contribution in [3.63, 3.8) is 0 Å². The maximum atomic E-state index is 6.48. The van der Waals surface area contributed by atoms with Gasteiger partial charge in [-0.2, -0.15) is 0 Å². The summed E-state index contributed by atoms with van der Waals surface area (Å²) in [5.74, 6) is 1.98. The van der Waals surface area contributed by atoms with Gasteiger partial charge in [-0.1, -0.05) is 11.6 Å². The van der Waals surface area contributed by atoms with Crippen molar-refractivity contribution in [3.05, 3.63) is 22.7 Å². The quantitative estimate of drug-likeness (QED) is 0.907. The van der Waals surface area contributed by atoms with Gasteiger partial charge in [0.25, 0.3) is 0 Å². The molecule has 1 aromatic carbocycles. The molecule has 1 saturated heterocycles. The smallest absolute Gasteiger partial charge is 0.167 e. The maximum absolute atomic E-state index is 6.48. The van der Waals surface area contributed by atoms with Crippen LogP contribution in [0, 0.1) is 5.92 Å². The van der Waals surface area contributed by atoms with E-state index in [2.05, 4.69) is 11.9 Å². The Kier molecular flexibility index (Phi) is 5.36. The van der Waals surface area contributed by atoms with Crippen molar-refractivity contribution in [3.8, 4) is 11.5 Å². The van der Waals surface area contributed by atoms with E-state index in [0.29, 0.717) is 12.5 Å². The van der Waals surface area contributed by atoms with E-state index in [-0.39, 0.29) is 12.1 Å². The van der Waals surface area contributed by atoms with Gasteiger partial charge in [-0.05, 0) is 51.9 Å². The minimum Gasteiger partial charge on any atom is -0.493 e. The second kappa shape index (κ2) is 6.86. The summed E-state index contributed by atoms with van der Waals surface area (Å²) in [4.78, 5) is 2.30. The number of methoxy groups -OCH3 is 1. The van der Waals surface area contributed by atoms with E-state index in [9.17, 15) is 0 Å². The molecule has 0 amide bonds. The molecule has 0 spiro atoms. The van der Waals surface area contributed by atoms with Gasteiger partial charge in [0.1, 0.15) is 0 Å². The second-order valence-corrected chi connectivity index (χ2v) is 6.36. The second-order valence-electron chi connectivity index (χ2n) is 5.95. The Morgan fingerprint density at radius 2 is 2.14 bits per heavy atom. The van der Waals surface area contributed by atoms with Crippen LogP contribution >= 0.6 is 11.6 Å². The molecule has 2 unspecified atom stereocenters. The molecule has 4 nitrogen and oxygen atoms in total. The highest BCUT2D eigenvalue weighted by atomic mass is 35.5. The molecule has 1 aliphatic rings. The zero-order valence-electron chi connectivity index (χ0n) is 13.2. The first-order valence-corrected chi connectivity index (χ1v) is 7.79. The molecule has 2 rings (SSSR count). The number of benzene rings is 1. The van der Waals surface area contributed by atoms with Crippen LogP contribution in [0.2, 0.25) is 5.02 Å². The molecule has 0 bridgehead atoms. The molecule has 1 aromatic rings. The number of ether oxygens (including phenoxy) is 2. The summed E-state index contributed by atoms with van der Waals surface area (Å²) in [5, 5.41) is 0.723. The first kappa shape index (κ1) is 16.4. The SMILES string of the molecule is COc1ccc(Cl)c(C2CC(CN)CN2C)c1OC(C)C. The molecule has 0 aromatic heterocycles. The summed E-state index contributed by atoms with van der Waals surface area (Å²) in [6, 6.07) is 3.96. The van der Waals surface area contributed by atoms with Crippen molar-refractivity contribution in [2.75, 3.05) is 27.2 Å². The van der Waals surface area contributed by atoms with Crippen molar-refractivity contribution < 1.29 is 9.47 Å². The van der Waals surface area contributed by atoms with Crippen molar-refractivity contribution in [2.24, 2.45) is 11.7 Å². The monoisotopic (exact) mass is 312 g/mol. The van der Waals surface area contributed by atoms with Crippen LogP contribution in [0.15, 0.2) is 12.1 Å². The van der Waals surface area contributed by atoms with Gasteiger partial charge in [0.15, 0.2) is 11.5 Å². The number of halogens is 1. The average Bonchev–Trinajstić information content (AvgIpc) is 2.80. The van der Waals surface area contributed by atoms with Gasteiger partial charge in [0, 0.05) is 23.2 Å². The molecule has 0 radical (unpaired) electrons. The summed E-state index contributed by atoms with van der Waals surface area (Å²) < 4.78 is 11.5. The Morgan fingerprint density at radius 1 is 1.43 bits per heavy atom. The Morgan fingerprint density at radius 3 is 2.67 bits per heavy atom. The van der Waals surface area contributed by atoms with Crippen LogP contribution < -0.4 is 15.2 Å². The number of hydrogen-bond acceptors (Lipinski definition) is 4. The van der Waals surface area contributed by atoms with Gasteiger partial charge >= 0.3 is 0 Å². The highest BCUT2D eigenvalue weighted by molar-refractivity contribution is 6.31. The van der Waals surface area contributed by atoms with Crippen LogP contribution in [-0.2, 0) is 0 Å². The lowest BCUT2D eigenvalue weighted by Crippen LogP contribution is -2.21. The van der Waals surface area contributed by atoms with E-state index >= 15 is 0 Å². The van der Waals surface area contributed by atoms with E-state index < -0.39 is 0 Å². The lowest BCUT2D eigenvalue weighted by Gasteiger charge is -2.26. The fraction of sp³-hybridized carbons (Fsp3) is 0.625. The average molecular weight is 313 g/mol. The predicted octanol–water partition coefficient (Wildman–Crippen LogP) is 3.09. The van der Waals surface area contributed by atoms with E-state index in [1.165, 1.54) is 0 Å². The zero-order valence-corrected chi connectivity index (χ0v) is 14.0. The minimum atomic E-state index is 0.0631. The largest absolute Gasteiger partial charge is 0.493 e. The number of nitrogens with two attached hydrogens (primary N) is 1. The molecule has 1 aliphatic heterocycles. The molecule has 1 heterocycles. The summed E-state index contributed by atoms with van der Waals surface area (Å²) in [5.41, 5.74) is 6.85. The first-order valence-electron chi connectivity index (χ1n) is 7.41. The van der Waals surface area contributed by atoms with Crippen LogP contribution in [0.4, 0.5) is 0 Å². The highest BCUT2D eigenvalue weighted by Crippen LogP contribution is 2.46. The number of nitrogens with zero attached hydrogens (tertiary/aromatic N) is 1. The van der Waals surface area contributed by atoms with Crippen molar-refractivity contribution in [2.45, 2.75) is 32.4 Å². The van der Waals surface area contributed by atoms with Gasteiger partial charge in [0.2, 0.25) is 0 Å². The van der Waals surface area contributed by atoms with Gasteiger partial charge in [-0.15, -0.1) is 0 Å². The summed E-state index contributed by atoms with van der Waals surface area (Å²) >= 11 is 6.48. The van der Waals surface area contributed by atoms with E-state index in [1.54, 1.807) is 7.11 Å². The van der Waals surface area contributed by atoms with Crippen molar-refractivity contribution >= 4 is 11.6 Å². The number of hydrogen-bond donors (Lipinski definition) is 1. The summed E-state index contributed by atoms with van der Waals surface area (Å²) in [6.07, 6.45) is 1.06. The third-order valence-electron chi connectivity index (χ3n) is 3.98. The maximum Gasteiger partial charge on any atom is 0.167 e. The highest BCUT2D eigenvalue weighted by Gasteiger charge is 2.34. The number of rotatable bonds is 5. The topological polar surface area (TPSA) is 47.7 Å². The third-order valence-corrected chi connectivity index (χ3v) is 4.31. The van der Waals surface area contributed by atoms with Crippen LogP contribution in [0.25, 0.3) is 0 Å². The first-order chi connectivity index (χ1) is 9.97. The molecule has 2 atom stereocenters. The lowest BCUT2D eigenvalue weighted by molar-refractivity contribution is 0.219. The van der Waals surface area contributed by atoms with Crippen LogP contribution in [0.5, 0.6) is 11.5 Å².